The number of aryl methyl sites for hydroxylation is 1. The Balaban J connectivity index is 1.77. The molecule has 2 aromatic heterocycles. The van der Waals surface area contributed by atoms with Crippen LogP contribution >= 0.6 is 11.3 Å². The van der Waals surface area contributed by atoms with Gasteiger partial charge in [0.2, 0.25) is 0 Å². The molecule has 2 heterocycles. The predicted molar refractivity (Wildman–Crippen MR) is 86.6 cm³/mol. The molecule has 0 spiro atoms. The van der Waals surface area contributed by atoms with Crippen molar-refractivity contribution in [2.24, 2.45) is 0 Å². The van der Waals surface area contributed by atoms with E-state index < -0.39 is 0 Å². The number of thiophene rings is 1. The third kappa shape index (κ3) is 2.73. The Morgan fingerprint density at radius 3 is 2.80 bits per heavy atom. The average molecular weight is 286 g/mol. The highest BCUT2D eigenvalue weighted by atomic mass is 32.1. The van der Waals surface area contributed by atoms with E-state index in [1.165, 1.54) is 30.4 Å². The SMILES string of the molecule is CC(C)(C)c1ccc(NC2CCCc3sccc32)nc1. The van der Waals surface area contributed by atoms with Crippen molar-refractivity contribution >= 4 is 17.2 Å². The Kier molecular flexibility index (Phi) is 3.55. The zero-order valence-corrected chi connectivity index (χ0v) is 13.3. The number of pyridine rings is 1. The highest BCUT2D eigenvalue weighted by molar-refractivity contribution is 7.10. The summed E-state index contributed by atoms with van der Waals surface area (Å²) in [7, 11) is 0. The van der Waals surface area contributed by atoms with Crippen LogP contribution in [-0.2, 0) is 11.8 Å². The lowest BCUT2D eigenvalue weighted by Gasteiger charge is -2.25. The fourth-order valence-electron chi connectivity index (χ4n) is 2.74. The van der Waals surface area contributed by atoms with Crippen LogP contribution in [0.4, 0.5) is 5.82 Å². The van der Waals surface area contributed by atoms with Crippen LogP contribution in [0, 0.1) is 0 Å². The van der Waals surface area contributed by atoms with Crippen molar-refractivity contribution in [2.75, 3.05) is 5.32 Å². The molecule has 3 heteroatoms. The molecule has 20 heavy (non-hydrogen) atoms. The molecule has 0 amide bonds. The molecule has 0 aliphatic heterocycles. The van der Waals surface area contributed by atoms with E-state index in [2.05, 4.69) is 54.7 Å². The average Bonchev–Trinajstić information content (AvgIpc) is 2.88. The quantitative estimate of drug-likeness (QED) is 0.846. The minimum Gasteiger partial charge on any atom is -0.363 e. The highest BCUT2D eigenvalue weighted by Crippen LogP contribution is 2.35. The van der Waals surface area contributed by atoms with Crippen molar-refractivity contribution < 1.29 is 0 Å². The molecule has 0 radical (unpaired) electrons. The maximum atomic E-state index is 4.59. The molecule has 0 saturated heterocycles. The molecular weight excluding hydrogens is 264 g/mol. The van der Waals surface area contributed by atoms with Gasteiger partial charge in [-0.05, 0) is 53.3 Å². The minimum absolute atomic E-state index is 0.164. The maximum absolute atomic E-state index is 4.59. The summed E-state index contributed by atoms with van der Waals surface area (Å²) in [5, 5.41) is 5.81. The second-order valence-corrected chi connectivity index (χ2v) is 7.57. The molecule has 1 aliphatic rings. The van der Waals surface area contributed by atoms with Gasteiger partial charge in [-0.15, -0.1) is 11.3 Å². The number of hydrogen-bond donors (Lipinski definition) is 1. The van der Waals surface area contributed by atoms with E-state index in [4.69, 9.17) is 0 Å². The van der Waals surface area contributed by atoms with Crippen LogP contribution in [0.25, 0.3) is 0 Å². The van der Waals surface area contributed by atoms with E-state index in [9.17, 15) is 0 Å². The molecule has 3 rings (SSSR count). The van der Waals surface area contributed by atoms with E-state index in [-0.39, 0.29) is 5.41 Å². The van der Waals surface area contributed by atoms with Crippen LogP contribution in [0.5, 0.6) is 0 Å². The Bertz CT molecular complexity index is 578. The summed E-state index contributed by atoms with van der Waals surface area (Å²) in [6.07, 6.45) is 5.71. The van der Waals surface area contributed by atoms with Gasteiger partial charge in [0.05, 0.1) is 6.04 Å². The molecule has 1 atom stereocenters. The Labute approximate surface area is 125 Å². The topological polar surface area (TPSA) is 24.9 Å². The number of aromatic nitrogens is 1. The Morgan fingerprint density at radius 2 is 2.10 bits per heavy atom. The largest absolute Gasteiger partial charge is 0.363 e. The molecule has 1 N–H and O–H groups in total. The van der Waals surface area contributed by atoms with Crippen molar-refractivity contribution in [1.82, 2.24) is 4.98 Å². The summed E-state index contributed by atoms with van der Waals surface area (Å²) >= 11 is 1.89. The molecular formula is C17H22N2S. The van der Waals surface area contributed by atoms with Gasteiger partial charge in [-0.3, -0.25) is 0 Å². The van der Waals surface area contributed by atoms with E-state index >= 15 is 0 Å². The molecule has 2 nitrogen and oxygen atoms in total. The number of hydrogen-bond acceptors (Lipinski definition) is 3. The number of fused-ring (bicyclic) bond motifs is 1. The Hall–Kier alpha value is -1.35. The van der Waals surface area contributed by atoms with Crippen LogP contribution in [0.1, 0.15) is 55.7 Å². The van der Waals surface area contributed by atoms with E-state index in [1.807, 2.05) is 17.5 Å². The summed E-state index contributed by atoms with van der Waals surface area (Å²) in [5.74, 6) is 0.988. The van der Waals surface area contributed by atoms with Gasteiger partial charge in [0.25, 0.3) is 0 Å². The Morgan fingerprint density at radius 1 is 1.25 bits per heavy atom. The molecule has 0 aromatic carbocycles. The second kappa shape index (κ2) is 5.21. The number of nitrogens with one attached hydrogen (secondary N) is 1. The van der Waals surface area contributed by atoms with Gasteiger partial charge in [0.15, 0.2) is 0 Å². The van der Waals surface area contributed by atoms with Gasteiger partial charge >= 0.3 is 0 Å². The van der Waals surface area contributed by atoms with Crippen molar-refractivity contribution in [3.63, 3.8) is 0 Å². The third-order valence-electron chi connectivity index (χ3n) is 4.00. The van der Waals surface area contributed by atoms with Crippen LogP contribution in [0.2, 0.25) is 0 Å². The van der Waals surface area contributed by atoms with Crippen LogP contribution in [0.3, 0.4) is 0 Å². The zero-order chi connectivity index (χ0) is 14.2. The lowest BCUT2D eigenvalue weighted by Crippen LogP contribution is -2.17. The van der Waals surface area contributed by atoms with Crippen molar-refractivity contribution in [3.05, 3.63) is 45.8 Å². The molecule has 2 aromatic rings. The molecule has 0 bridgehead atoms. The van der Waals surface area contributed by atoms with Gasteiger partial charge < -0.3 is 5.32 Å². The standard InChI is InChI=1S/C17H22N2S/c1-17(2,3)12-7-8-16(18-11-12)19-14-5-4-6-15-13(14)9-10-20-15/h7-11,14H,4-6H2,1-3H3,(H,18,19). The van der Waals surface area contributed by atoms with Crippen molar-refractivity contribution in [2.45, 2.75) is 51.5 Å². The summed E-state index contributed by atoms with van der Waals surface area (Å²) < 4.78 is 0. The van der Waals surface area contributed by atoms with E-state index in [1.54, 1.807) is 4.88 Å². The second-order valence-electron chi connectivity index (χ2n) is 6.57. The molecule has 106 valence electrons. The molecule has 0 saturated carbocycles. The summed E-state index contributed by atoms with van der Waals surface area (Å²) in [5.41, 5.74) is 2.92. The molecule has 1 unspecified atom stereocenters. The number of nitrogens with zero attached hydrogens (tertiary/aromatic N) is 1. The lowest BCUT2D eigenvalue weighted by atomic mass is 9.88. The van der Waals surface area contributed by atoms with Gasteiger partial charge in [0, 0.05) is 11.1 Å². The van der Waals surface area contributed by atoms with E-state index in [0.29, 0.717) is 6.04 Å². The third-order valence-corrected chi connectivity index (χ3v) is 5.00. The lowest BCUT2D eigenvalue weighted by molar-refractivity contribution is 0.586. The summed E-state index contributed by atoms with van der Waals surface area (Å²) in [4.78, 5) is 6.13. The van der Waals surface area contributed by atoms with Gasteiger partial charge in [-0.25, -0.2) is 4.98 Å². The van der Waals surface area contributed by atoms with Gasteiger partial charge in [-0.1, -0.05) is 26.8 Å². The first kappa shape index (κ1) is 13.6. The first-order chi connectivity index (χ1) is 9.54. The monoisotopic (exact) mass is 286 g/mol. The maximum Gasteiger partial charge on any atom is 0.126 e. The summed E-state index contributed by atoms with van der Waals surface area (Å²) in [6, 6.07) is 6.99. The zero-order valence-electron chi connectivity index (χ0n) is 12.4. The molecule has 0 fully saturated rings. The predicted octanol–water partition coefficient (Wildman–Crippen LogP) is 4.93. The summed E-state index contributed by atoms with van der Waals surface area (Å²) in [6.45, 7) is 6.65. The normalized spacial score (nSPS) is 18.6. The van der Waals surface area contributed by atoms with E-state index in [0.717, 1.165) is 5.82 Å². The van der Waals surface area contributed by atoms with Crippen LogP contribution < -0.4 is 5.32 Å². The molecule has 1 aliphatic carbocycles. The minimum atomic E-state index is 0.164. The fourth-order valence-corrected chi connectivity index (χ4v) is 3.73. The first-order valence-corrected chi connectivity index (χ1v) is 8.21. The van der Waals surface area contributed by atoms with Gasteiger partial charge in [0.1, 0.15) is 5.82 Å². The number of rotatable bonds is 2. The van der Waals surface area contributed by atoms with Crippen LogP contribution in [0.15, 0.2) is 29.8 Å². The smallest absolute Gasteiger partial charge is 0.126 e. The van der Waals surface area contributed by atoms with Crippen molar-refractivity contribution in [3.8, 4) is 0 Å². The van der Waals surface area contributed by atoms with Crippen molar-refractivity contribution in [1.29, 1.82) is 0 Å². The fraction of sp³-hybridized carbons (Fsp3) is 0.471. The van der Waals surface area contributed by atoms with Gasteiger partial charge in [-0.2, -0.15) is 0 Å². The van der Waals surface area contributed by atoms with Crippen LogP contribution in [-0.4, -0.2) is 4.98 Å². The number of anilines is 1. The highest BCUT2D eigenvalue weighted by Gasteiger charge is 2.21. The first-order valence-electron chi connectivity index (χ1n) is 7.33.